The van der Waals surface area contributed by atoms with E-state index in [-0.39, 0.29) is 6.61 Å². The van der Waals surface area contributed by atoms with Gasteiger partial charge in [0, 0.05) is 24.6 Å². The zero-order chi connectivity index (χ0) is 14.4. The Morgan fingerprint density at radius 3 is 2.55 bits per heavy atom. The summed E-state index contributed by atoms with van der Waals surface area (Å²) in [6.45, 7) is 1.49. The van der Waals surface area contributed by atoms with Crippen molar-refractivity contribution in [1.82, 2.24) is 4.98 Å². The Morgan fingerprint density at radius 2 is 1.95 bits per heavy atom. The average molecular weight is 336 g/mol. The number of likely N-dealkylation sites (N-methyl/N-ethyl adjacent to an activating group) is 1. The molecular formula is C15H18BrN3O. The highest BCUT2D eigenvalue weighted by molar-refractivity contribution is 9.10. The van der Waals surface area contributed by atoms with Gasteiger partial charge in [-0.25, -0.2) is 4.98 Å². The molecule has 0 saturated carbocycles. The number of hydrogen-bond donors (Lipinski definition) is 2. The summed E-state index contributed by atoms with van der Waals surface area (Å²) in [5, 5.41) is 12.2. The molecule has 0 aliphatic heterocycles. The van der Waals surface area contributed by atoms with E-state index in [1.165, 1.54) is 5.56 Å². The molecule has 2 N–H and O–H groups in total. The van der Waals surface area contributed by atoms with Gasteiger partial charge in [-0.05, 0) is 29.8 Å². The molecule has 0 spiro atoms. The normalized spacial score (nSPS) is 10.3. The fourth-order valence-corrected chi connectivity index (χ4v) is 2.05. The van der Waals surface area contributed by atoms with E-state index in [2.05, 4.69) is 38.4 Å². The first-order valence-corrected chi connectivity index (χ1v) is 7.24. The summed E-state index contributed by atoms with van der Waals surface area (Å²) in [6, 6.07) is 12.1. The lowest BCUT2D eigenvalue weighted by molar-refractivity contribution is 0.304. The molecule has 1 heterocycles. The molecule has 0 fully saturated rings. The molecule has 4 nitrogen and oxygen atoms in total. The minimum atomic E-state index is 0.139. The molecule has 0 aliphatic rings. The van der Waals surface area contributed by atoms with E-state index in [0.717, 1.165) is 22.5 Å². The van der Waals surface area contributed by atoms with Crippen molar-refractivity contribution in [3.63, 3.8) is 0 Å². The van der Waals surface area contributed by atoms with Crippen LogP contribution in [0, 0.1) is 0 Å². The van der Waals surface area contributed by atoms with Gasteiger partial charge in [0.05, 0.1) is 18.5 Å². The highest BCUT2D eigenvalue weighted by Crippen LogP contribution is 2.15. The first-order valence-electron chi connectivity index (χ1n) is 6.45. The van der Waals surface area contributed by atoms with Gasteiger partial charge in [-0.2, -0.15) is 0 Å². The number of anilines is 2. The molecule has 0 aliphatic carbocycles. The van der Waals surface area contributed by atoms with Gasteiger partial charge in [0.15, 0.2) is 0 Å². The fourth-order valence-electron chi connectivity index (χ4n) is 1.79. The molecule has 0 saturated heterocycles. The van der Waals surface area contributed by atoms with Crippen LogP contribution < -0.4 is 10.2 Å². The van der Waals surface area contributed by atoms with Crippen LogP contribution in [0.5, 0.6) is 0 Å². The van der Waals surface area contributed by atoms with E-state index in [9.17, 15) is 0 Å². The van der Waals surface area contributed by atoms with Crippen LogP contribution in [0.3, 0.4) is 0 Å². The second-order valence-electron chi connectivity index (χ2n) is 4.53. The number of aliphatic hydroxyl groups excluding tert-OH is 1. The Bertz CT molecular complexity index is 528. The fraction of sp³-hybridized carbons (Fsp3) is 0.267. The van der Waals surface area contributed by atoms with E-state index in [0.29, 0.717) is 6.54 Å². The van der Waals surface area contributed by atoms with E-state index in [1.54, 1.807) is 6.20 Å². The van der Waals surface area contributed by atoms with Crippen LogP contribution >= 0.6 is 15.9 Å². The van der Waals surface area contributed by atoms with Crippen LogP contribution in [0.1, 0.15) is 5.56 Å². The van der Waals surface area contributed by atoms with Gasteiger partial charge in [-0.1, -0.05) is 28.1 Å². The van der Waals surface area contributed by atoms with Gasteiger partial charge < -0.3 is 15.3 Å². The van der Waals surface area contributed by atoms with Crippen LogP contribution in [0.2, 0.25) is 0 Å². The predicted molar refractivity (Wildman–Crippen MR) is 86.1 cm³/mol. The molecule has 1 aromatic heterocycles. The van der Waals surface area contributed by atoms with Crippen molar-refractivity contribution in [3.05, 3.63) is 52.6 Å². The maximum atomic E-state index is 8.90. The Hall–Kier alpha value is -1.59. The molecule has 0 radical (unpaired) electrons. The van der Waals surface area contributed by atoms with E-state index in [1.807, 2.05) is 36.2 Å². The monoisotopic (exact) mass is 335 g/mol. The zero-order valence-corrected chi connectivity index (χ0v) is 13.0. The van der Waals surface area contributed by atoms with Crippen molar-refractivity contribution < 1.29 is 5.11 Å². The highest BCUT2D eigenvalue weighted by Gasteiger charge is 2.01. The predicted octanol–water partition coefficient (Wildman–Crippen LogP) is 2.88. The molecule has 5 heteroatoms. The number of halogens is 1. The van der Waals surface area contributed by atoms with Crippen LogP contribution in [0.4, 0.5) is 11.5 Å². The van der Waals surface area contributed by atoms with Crippen molar-refractivity contribution in [3.8, 4) is 0 Å². The van der Waals surface area contributed by atoms with E-state index in [4.69, 9.17) is 5.11 Å². The largest absolute Gasteiger partial charge is 0.395 e. The Kier molecular flexibility index (Phi) is 5.38. The number of benzene rings is 1. The average Bonchev–Trinajstić information content (AvgIpc) is 2.47. The summed E-state index contributed by atoms with van der Waals surface area (Å²) in [5.74, 6) is 0.842. The summed E-state index contributed by atoms with van der Waals surface area (Å²) in [5.41, 5.74) is 2.20. The Balaban J connectivity index is 1.92. The summed E-state index contributed by atoms with van der Waals surface area (Å²) in [6.07, 6.45) is 1.81. The maximum Gasteiger partial charge on any atom is 0.126 e. The number of nitrogens with one attached hydrogen (secondary N) is 1. The second-order valence-corrected chi connectivity index (χ2v) is 5.44. The summed E-state index contributed by atoms with van der Waals surface area (Å²) >= 11 is 3.42. The van der Waals surface area contributed by atoms with Crippen molar-refractivity contribution in [2.75, 3.05) is 30.4 Å². The summed E-state index contributed by atoms with van der Waals surface area (Å²) < 4.78 is 1.08. The van der Waals surface area contributed by atoms with Crippen LogP contribution in [-0.4, -0.2) is 30.3 Å². The maximum absolute atomic E-state index is 8.90. The van der Waals surface area contributed by atoms with Gasteiger partial charge in [-0.15, -0.1) is 0 Å². The van der Waals surface area contributed by atoms with Crippen molar-refractivity contribution >= 4 is 27.4 Å². The SMILES string of the molecule is CN(CCO)c1ccc(NCc2ccc(Br)cc2)nc1. The quantitative estimate of drug-likeness (QED) is 0.852. The second kappa shape index (κ2) is 7.26. The molecule has 2 aromatic rings. The van der Waals surface area contributed by atoms with Crippen LogP contribution in [0.25, 0.3) is 0 Å². The van der Waals surface area contributed by atoms with E-state index >= 15 is 0 Å². The highest BCUT2D eigenvalue weighted by atomic mass is 79.9. The first-order chi connectivity index (χ1) is 9.69. The number of aliphatic hydroxyl groups is 1. The minimum absolute atomic E-state index is 0.139. The number of pyridine rings is 1. The molecule has 0 amide bonds. The van der Waals surface area contributed by atoms with Gasteiger partial charge in [-0.3, -0.25) is 0 Å². The third kappa shape index (κ3) is 4.21. The first kappa shape index (κ1) is 14.8. The Labute approximate surface area is 127 Å². The molecule has 0 unspecified atom stereocenters. The third-order valence-corrected chi connectivity index (χ3v) is 3.54. The van der Waals surface area contributed by atoms with E-state index < -0.39 is 0 Å². The number of nitrogens with zero attached hydrogens (tertiary/aromatic N) is 2. The van der Waals surface area contributed by atoms with Gasteiger partial charge in [0.1, 0.15) is 5.82 Å². The molecule has 2 rings (SSSR count). The zero-order valence-electron chi connectivity index (χ0n) is 11.4. The molecule has 0 bridgehead atoms. The van der Waals surface area contributed by atoms with Crippen LogP contribution in [0.15, 0.2) is 47.1 Å². The Morgan fingerprint density at radius 1 is 1.20 bits per heavy atom. The number of rotatable bonds is 6. The summed E-state index contributed by atoms with van der Waals surface area (Å²) in [7, 11) is 1.93. The van der Waals surface area contributed by atoms with Crippen molar-refractivity contribution in [2.45, 2.75) is 6.54 Å². The molecular weight excluding hydrogens is 318 g/mol. The van der Waals surface area contributed by atoms with Gasteiger partial charge in [0.25, 0.3) is 0 Å². The molecule has 20 heavy (non-hydrogen) atoms. The molecule has 1 aromatic carbocycles. The third-order valence-electron chi connectivity index (χ3n) is 3.01. The lowest BCUT2D eigenvalue weighted by atomic mass is 10.2. The number of hydrogen-bond acceptors (Lipinski definition) is 4. The lowest BCUT2D eigenvalue weighted by Crippen LogP contribution is -2.21. The molecule has 0 atom stereocenters. The number of aromatic nitrogens is 1. The van der Waals surface area contributed by atoms with Gasteiger partial charge in [0.2, 0.25) is 0 Å². The van der Waals surface area contributed by atoms with Crippen molar-refractivity contribution in [1.29, 1.82) is 0 Å². The van der Waals surface area contributed by atoms with Crippen LogP contribution in [-0.2, 0) is 6.54 Å². The summed E-state index contributed by atoms with van der Waals surface area (Å²) in [4.78, 5) is 6.33. The topological polar surface area (TPSA) is 48.4 Å². The van der Waals surface area contributed by atoms with Crippen molar-refractivity contribution in [2.24, 2.45) is 0 Å². The minimum Gasteiger partial charge on any atom is -0.395 e. The smallest absolute Gasteiger partial charge is 0.126 e. The molecule has 106 valence electrons. The van der Waals surface area contributed by atoms with Gasteiger partial charge >= 0.3 is 0 Å². The lowest BCUT2D eigenvalue weighted by Gasteiger charge is -2.17. The standard InChI is InChI=1S/C15H18BrN3O/c1-19(8-9-20)14-6-7-15(18-11-14)17-10-12-2-4-13(16)5-3-12/h2-7,11,20H,8-10H2,1H3,(H,17,18).